The fraction of sp³-hybridized carbons (Fsp3) is 0.355. The van der Waals surface area contributed by atoms with Crippen LogP contribution in [0.3, 0.4) is 0 Å². The van der Waals surface area contributed by atoms with Gasteiger partial charge in [-0.2, -0.15) is 0 Å². The van der Waals surface area contributed by atoms with E-state index in [0.717, 1.165) is 6.07 Å². The lowest BCUT2D eigenvalue weighted by Crippen LogP contribution is -2.38. The highest BCUT2D eigenvalue weighted by Crippen LogP contribution is 2.44. The molecule has 0 bridgehead atoms. The van der Waals surface area contributed by atoms with E-state index in [1.54, 1.807) is 26.0 Å². The van der Waals surface area contributed by atoms with Gasteiger partial charge in [0.1, 0.15) is 18.0 Å². The molecule has 0 aliphatic heterocycles. The van der Waals surface area contributed by atoms with Crippen molar-refractivity contribution >= 4 is 39.2 Å². The van der Waals surface area contributed by atoms with Crippen molar-refractivity contribution < 1.29 is 40.7 Å². The quantitative estimate of drug-likeness (QED) is 0.0996. The number of rotatable bonds is 11. The monoisotopic (exact) mass is 654 g/mol. The van der Waals surface area contributed by atoms with E-state index in [1.807, 2.05) is 0 Å². The maximum Gasteiger partial charge on any atom is 0.255 e. The third kappa shape index (κ3) is 7.59. The number of anilines is 1. The van der Waals surface area contributed by atoms with Crippen LogP contribution in [0.4, 0.5) is 23.2 Å². The first-order valence-electron chi connectivity index (χ1n) is 13.9. The molecule has 7 nitrogen and oxygen atoms in total. The molecule has 0 heterocycles. The molecule has 0 spiro atoms. The summed E-state index contributed by atoms with van der Waals surface area (Å²) in [6, 6.07) is 10.4. The van der Waals surface area contributed by atoms with Crippen LogP contribution in [0.1, 0.15) is 55.5 Å². The van der Waals surface area contributed by atoms with Crippen LogP contribution in [0, 0.1) is 35.1 Å². The van der Waals surface area contributed by atoms with Gasteiger partial charge in [-0.05, 0) is 73.4 Å². The van der Waals surface area contributed by atoms with Gasteiger partial charge in [-0.15, -0.1) is 0 Å². The number of nitrogens with zero attached hydrogens (tertiary/aromatic N) is 1. The minimum atomic E-state index is -4.16. The van der Waals surface area contributed by atoms with Gasteiger partial charge < -0.3 is 15.3 Å². The molecule has 4 atom stereocenters. The number of amides is 1. The Bertz CT molecular complexity index is 1630. The van der Waals surface area contributed by atoms with E-state index in [9.17, 15) is 35.9 Å². The summed E-state index contributed by atoms with van der Waals surface area (Å²) in [4.78, 5) is 17.8. The third-order valence-electron chi connectivity index (χ3n) is 7.86. The predicted molar refractivity (Wildman–Crippen MR) is 158 cm³/mol. The van der Waals surface area contributed by atoms with E-state index in [4.69, 9.17) is 16.4 Å². The first-order chi connectivity index (χ1) is 20.7. The molecular formula is C31H31ClF4N2O5S. The second-order valence-electron chi connectivity index (χ2n) is 11.0. The van der Waals surface area contributed by atoms with Crippen LogP contribution in [0.15, 0.2) is 64.6 Å². The number of oxime groups is 1. The zero-order chi connectivity index (χ0) is 32.2. The maximum absolute atomic E-state index is 14.0. The number of hydrogen-bond acceptors (Lipinski definition) is 6. The maximum atomic E-state index is 14.0. The molecule has 44 heavy (non-hydrogen) atoms. The third-order valence-corrected chi connectivity index (χ3v) is 10.8. The highest BCUT2D eigenvalue weighted by Gasteiger charge is 2.46. The van der Waals surface area contributed by atoms with Gasteiger partial charge >= 0.3 is 0 Å². The van der Waals surface area contributed by atoms with Crippen LogP contribution in [-0.4, -0.2) is 36.5 Å². The Morgan fingerprint density at radius 2 is 1.75 bits per heavy atom. The number of sulfone groups is 1. The number of nitrogens with one attached hydrogen (secondary N) is 1. The minimum absolute atomic E-state index is 0.0432. The Labute approximate surface area is 257 Å². The number of halogens is 5. The van der Waals surface area contributed by atoms with Crippen molar-refractivity contribution in [3.05, 3.63) is 94.0 Å². The zero-order valence-electron chi connectivity index (χ0n) is 23.9. The second-order valence-corrected chi connectivity index (χ2v) is 13.5. The molecule has 3 aromatic carbocycles. The molecule has 1 fully saturated rings. The van der Waals surface area contributed by atoms with Gasteiger partial charge in [-0.1, -0.05) is 42.7 Å². The van der Waals surface area contributed by atoms with Crippen molar-refractivity contribution in [2.75, 3.05) is 5.32 Å². The summed E-state index contributed by atoms with van der Waals surface area (Å²) in [6.45, 7) is 3.56. The second kappa shape index (κ2) is 13.7. The number of carbonyl (C=O) groups excluding carboxylic acids is 1. The van der Waals surface area contributed by atoms with Crippen molar-refractivity contribution in [2.45, 2.75) is 61.9 Å². The molecule has 0 saturated heterocycles. The SMILES string of the molecule is CC[C@@](O)(/C=N/OCc1ccc(F)cc1)C[C@@H]1CCC(C)C1S(=O)(=O)c1cc(C(=O)Nc2cc(F)c(F)c(F)c2)ccc1Cl. The van der Waals surface area contributed by atoms with Crippen molar-refractivity contribution in [3.63, 3.8) is 0 Å². The molecule has 0 aromatic heterocycles. The van der Waals surface area contributed by atoms with Crippen molar-refractivity contribution in [2.24, 2.45) is 17.0 Å². The summed E-state index contributed by atoms with van der Waals surface area (Å²) in [5, 5.41) is 16.3. The van der Waals surface area contributed by atoms with Crippen LogP contribution in [0.25, 0.3) is 0 Å². The first-order valence-corrected chi connectivity index (χ1v) is 15.8. The summed E-state index contributed by atoms with van der Waals surface area (Å²) in [7, 11) is -4.16. The number of hydrogen-bond donors (Lipinski definition) is 2. The molecule has 13 heteroatoms. The number of aliphatic hydroxyl groups is 1. The molecule has 3 aromatic rings. The summed E-state index contributed by atoms with van der Waals surface area (Å²) in [6.07, 6.45) is 2.57. The largest absolute Gasteiger partial charge is 0.391 e. The molecule has 2 unspecified atom stereocenters. The van der Waals surface area contributed by atoms with Crippen LogP contribution >= 0.6 is 11.6 Å². The standard InChI is InChI=1S/C31H31ClF4N2O5S/c1-3-31(40,17-37-43-16-19-5-9-22(33)10-6-19)15-21-7-4-18(2)29(21)44(41,42)27-12-20(8-11-24(27)32)30(39)38-23-13-25(34)28(36)26(35)14-23/h5-6,8-14,17-18,21,29,40H,3-4,7,15-16H2,1-2H3,(H,38,39)/b37-17+/t18?,21-,29?,31-/m0/s1. The smallest absolute Gasteiger partial charge is 0.255 e. The van der Waals surface area contributed by atoms with Gasteiger partial charge in [0.25, 0.3) is 5.91 Å². The van der Waals surface area contributed by atoms with Crippen molar-refractivity contribution in [1.82, 2.24) is 0 Å². The van der Waals surface area contributed by atoms with Crippen LogP contribution in [-0.2, 0) is 21.3 Å². The lowest BCUT2D eigenvalue weighted by molar-refractivity contribution is 0.0728. The summed E-state index contributed by atoms with van der Waals surface area (Å²) in [5.74, 6) is -6.78. The van der Waals surface area contributed by atoms with E-state index in [2.05, 4.69) is 10.5 Å². The highest BCUT2D eigenvalue weighted by molar-refractivity contribution is 7.92. The molecule has 1 amide bonds. The molecule has 4 rings (SSSR count). The van der Waals surface area contributed by atoms with E-state index in [-0.39, 0.29) is 52.4 Å². The normalized spacial score (nSPS) is 20.0. The zero-order valence-corrected chi connectivity index (χ0v) is 25.4. The van der Waals surface area contributed by atoms with Crippen molar-refractivity contribution in [1.29, 1.82) is 0 Å². The van der Waals surface area contributed by atoms with Crippen LogP contribution in [0.2, 0.25) is 5.02 Å². The molecule has 1 aliphatic carbocycles. The molecule has 1 aliphatic rings. The van der Waals surface area contributed by atoms with Crippen molar-refractivity contribution in [3.8, 4) is 0 Å². The van der Waals surface area contributed by atoms with Crippen LogP contribution < -0.4 is 5.32 Å². The average Bonchev–Trinajstić information content (AvgIpc) is 3.35. The lowest BCUT2D eigenvalue weighted by atomic mass is 9.87. The Morgan fingerprint density at radius 3 is 2.39 bits per heavy atom. The lowest BCUT2D eigenvalue weighted by Gasteiger charge is -2.30. The van der Waals surface area contributed by atoms with E-state index >= 15 is 0 Å². The molecule has 2 N–H and O–H groups in total. The first kappa shape index (κ1) is 33.4. The molecule has 236 valence electrons. The Hall–Kier alpha value is -3.48. The summed E-state index contributed by atoms with van der Waals surface area (Å²) in [5.41, 5.74) is -1.34. The molecule has 1 saturated carbocycles. The van der Waals surface area contributed by atoms with E-state index in [1.165, 1.54) is 30.5 Å². The van der Waals surface area contributed by atoms with Gasteiger partial charge in [0.2, 0.25) is 0 Å². The van der Waals surface area contributed by atoms with Gasteiger partial charge in [0.15, 0.2) is 27.3 Å². The fourth-order valence-electron chi connectivity index (χ4n) is 5.46. The predicted octanol–water partition coefficient (Wildman–Crippen LogP) is 7.07. The Balaban J connectivity index is 1.52. The summed E-state index contributed by atoms with van der Waals surface area (Å²) >= 11 is 6.32. The van der Waals surface area contributed by atoms with E-state index < -0.39 is 50.0 Å². The van der Waals surface area contributed by atoms with E-state index in [0.29, 0.717) is 30.5 Å². The highest BCUT2D eigenvalue weighted by atomic mass is 35.5. The van der Waals surface area contributed by atoms with Gasteiger partial charge in [-0.25, -0.2) is 26.0 Å². The number of benzene rings is 3. The number of carbonyl (C=O) groups is 1. The van der Waals surface area contributed by atoms with Gasteiger partial charge in [-0.3, -0.25) is 4.79 Å². The Morgan fingerprint density at radius 1 is 1.09 bits per heavy atom. The molecular weight excluding hydrogens is 624 g/mol. The van der Waals surface area contributed by atoms with Gasteiger partial charge in [0.05, 0.1) is 21.4 Å². The summed E-state index contributed by atoms with van der Waals surface area (Å²) < 4.78 is 81.7. The fourth-order valence-corrected chi connectivity index (χ4v) is 8.31. The Kier molecular flexibility index (Phi) is 10.4. The van der Waals surface area contributed by atoms with Gasteiger partial charge in [0, 0.05) is 23.4 Å². The van der Waals surface area contributed by atoms with Crippen LogP contribution in [0.5, 0.6) is 0 Å². The topological polar surface area (TPSA) is 105 Å². The minimum Gasteiger partial charge on any atom is -0.391 e. The molecule has 0 radical (unpaired) electrons. The average molecular weight is 655 g/mol.